The number of rotatable bonds is 6. The molecule has 1 nitrogen and oxygen atoms in total. The van der Waals surface area contributed by atoms with Crippen LogP contribution >= 0.6 is 0 Å². The van der Waals surface area contributed by atoms with Crippen LogP contribution in [0.25, 0.3) is 28.3 Å². The summed E-state index contributed by atoms with van der Waals surface area (Å²) in [5.74, 6) is -11.2. The molecule has 4 rings (SSSR count). The van der Waals surface area contributed by atoms with Gasteiger partial charge < -0.3 is 4.74 Å². The van der Waals surface area contributed by atoms with E-state index in [-0.39, 0.29) is 23.8 Å². The lowest BCUT2D eigenvalue weighted by molar-refractivity contribution is -0.189. The molecule has 0 saturated carbocycles. The molecule has 4 aromatic rings. The largest absolute Gasteiger partial charge is 0.432 e. The summed E-state index contributed by atoms with van der Waals surface area (Å²) in [5.41, 5.74) is -3.86. The Morgan fingerprint density at radius 2 is 1.07 bits per heavy atom. The van der Waals surface area contributed by atoms with E-state index in [9.17, 15) is 48.3 Å². The number of hydrogen-bond acceptors (Lipinski definition) is 1. The number of aryl methyl sites for hydroxylation is 1. The number of hydrogen-bond donors (Lipinski definition) is 0. The highest BCUT2D eigenvalue weighted by molar-refractivity contribution is 5.69. The third-order valence-electron chi connectivity index (χ3n) is 5.79. The fourth-order valence-corrected chi connectivity index (χ4v) is 3.91. The first-order valence-corrected chi connectivity index (χ1v) is 11.4. The maximum absolute atomic E-state index is 14.8. The highest BCUT2D eigenvalue weighted by atomic mass is 19.4. The summed E-state index contributed by atoms with van der Waals surface area (Å²) in [7, 11) is 0. The maximum Gasteiger partial charge on any atom is 0.432 e. The van der Waals surface area contributed by atoms with E-state index in [2.05, 4.69) is 4.74 Å². The summed E-state index contributed by atoms with van der Waals surface area (Å²) in [6, 6.07) is 8.54. The Morgan fingerprint density at radius 1 is 0.585 bits per heavy atom. The molecule has 0 spiro atoms. The predicted molar refractivity (Wildman–Crippen MR) is 128 cm³/mol. The van der Waals surface area contributed by atoms with Gasteiger partial charge in [0.15, 0.2) is 0 Å². The lowest BCUT2D eigenvalue weighted by atomic mass is 10.0. The van der Waals surface area contributed by atoms with E-state index in [0.29, 0.717) is 29.8 Å². The molecule has 0 saturated heterocycles. The molecule has 0 atom stereocenters. The zero-order valence-electron chi connectivity index (χ0n) is 20.5. The van der Waals surface area contributed by atoms with Crippen LogP contribution in [0.2, 0.25) is 0 Å². The van der Waals surface area contributed by atoms with Crippen LogP contribution in [0.4, 0.5) is 48.3 Å². The molecule has 0 amide bonds. The van der Waals surface area contributed by atoms with Crippen molar-refractivity contribution in [2.45, 2.75) is 19.2 Å². The maximum atomic E-state index is 14.8. The summed E-state index contributed by atoms with van der Waals surface area (Å²) in [4.78, 5) is 0. The smallest absolute Gasteiger partial charge is 0.429 e. The average molecular weight is 588 g/mol. The minimum atomic E-state index is -4.90. The van der Waals surface area contributed by atoms with Gasteiger partial charge in [0, 0.05) is 23.8 Å². The van der Waals surface area contributed by atoms with Crippen molar-refractivity contribution in [3.63, 3.8) is 0 Å². The highest BCUT2D eigenvalue weighted by Gasteiger charge is 2.41. The minimum absolute atomic E-state index is 0.0691. The highest BCUT2D eigenvalue weighted by Crippen LogP contribution is 2.39. The van der Waals surface area contributed by atoms with E-state index >= 15 is 0 Å². The minimum Gasteiger partial charge on any atom is -0.429 e. The number of allylic oxidation sites excluding steroid dienone is 1. The molecule has 0 N–H and O–H groups in total. The van der Waals surface area contributed by atoms with Crippen LogP contribution in [0, 0.1) is 41.8 Å². The number of halogens is 11. The van der Waals surface area contributed by atoms with Crippen LogP contribution in [-0.4, -0.2) is 6.18 Å². The second-order valence-corrected chi connectivity index (χ2v) is 8.79. The van der Waals surface area contributed by atoms with Gasteiger partial charge in [-0.1, -0.05) is 29.8 Å². The standard InChI is InChI=1S/C29H15F11O/c1-14-2-4-15(5-3-14)16-8-24(34)27(25(35)9-16)29(39,40)41-18-12-22(32)26(23(33)13-18)17-10-20(30)19(21(31)11-17)6-7-28(36,37)38/h2-13H,1H3/b7-6+. The fourth-order valence-electron chi connectivity index (χ4n) is 3.91. The van der Waals surface area contributed by atoms with Crippen LogP contribution < -0.4 is 4.74 Å². The van der Waals surface area contributed by atoms with Crippen LogP contribution in [0.1, 0.15) is 16.7 Å². The molecule has 4 aromatic carbocycles. The summed E-state index contributed by atoms with van der Waals surface area (Å²) < 4.78 is 158. The van der Waals surface area contributed by atoms with Crippen molar-refractivity contribution < 1.29 is 53.0 Å². The van der Waals surface area contributed by atoms with E-state index in [1.54, 1.807) is 19.1 Å². The first-order chi connectivity index (χ1) is 19.1. The predicted octanol–water partition coefficient (Wildman–Crippen LogP) is 9.87. The van der Waals surface area contributed by atoms with Crippen molar-refractivity contribution in [2.24, 2.45) is 0 Å². The molecule has 0 radical (unpaired) electrons. The Bertz CT molecular complexity index is 1570. The molecule has 0 aliphatic carbocycles. The summed E-state index contributed by atoms with van der Waals surface area (Å²) in [6.45, 7) is 1.76. The normalized spacial score (nSPS) is 12.3. The Balaban J connectivity index is 1.65. The quantitative estimate of drug-likeness (QED) is 0.204. The van der Waals surface area contributed by atoms with Gasteiger partial charge >= 0.3 is 12.3 Å². The summed E-state index contributed by atoms with van der Waals surface area (Å²) in [6.07, 6.45) is -10.1. The molecule has 0 aliphatic heterocycles. The van der Waals surface area contributed by atoms with E-state index < -0.39 is 81.3 Å². The monoisotopic (exact) mass is 588 g/mol. The lowest BCUT2D eigenvalue weighted by Crippen LogP contribution is -2.25. The summed E-state index contributed by atoms with van der Waals surface area (Å²) in [5, 5.41) is 0. The third kappa shape index (κ3) is 6.53. The van der Waals surface area contributed by atoms with Gasteiger partial charge in [-0.15, -0.1) is 0 Å². The molecular formula is C29H15F11O. The van der Waals surface area contributed by atoms with Gasteiger partial charge in [-0.25, -0.2) is 26.3 Å². The van der Waals surface area contributed by atoms with Crippen LogP contribution in [0.5, 0.6) is 5.75 Å². The second kappa shape index (κ2) is 10.9. The van der Waals surface area contributed by atoms with Gasteiger partial charge in [-0.2, -0.15) is 22.0 Å². The fraction of sp³-hybridized carbons (Fsp3) is 0.103. The van der Waals surface area contributed by atoms with E-state index in [0.717, 1.165) is 5.56 Å². The molecule has 0 fully saturated rings. The van der Waals surface area contributed by atoms with Gasteiger partial charge in [0.2, 0.25) is 0 Å². The van der Waals surface area contributed by atoms with Crippen molar-refractivity contribution >= 4 is 6.08 Å². The van der Waals surface area contributed by atoms with E-state index in [1.807, 2.05) is 0 Å². The van der Waals surface area contributed by atoms with Crippen molar-refractivity contribution in [2.75, 3.05) is 0 Å². The molecule has 0 unspecified atom stereocenters. The Kier molecular flexibility index (Phi) is 7.88. The molecule has 0 aromatic heterocycles. The number of alkyl halides is 5. The van der Waals surface area contributed by atoms with Crippen LogP contribution in [0.3, 0.4) is 0 Å². The second-order valence-electron chi connectivity index (χ2n) is 8.79. The Labute approximate surface area is 225 Å². The number of ether oxygens (including phenoxy) is 1. The van der Waals surface area contributed by atoms with E-state index in [4.69, 9.17) is 0 Å². The zero-order valence-corrected chi connectivity index (χ0v) is 20.5. The Morgan fingerprint density at radius 3 is 1.56 bits per heavy atom. The molecule has 41 heavy (non-hydrogen) atoms. The number of benzene rings is 4. The SMILES string of the molecule is Cc1ccc(-c2cc(F)c(C(F)(F)Oc3cc(F)c(-c4cc(F)c(/C=C/C(F)(F)F)c(F)c4)c(F)c3)c(F)c2)cc1. The zero-order chi connectivity index (χ0) is 30.3. The van der Waals surface area contributed by atoms with Crippen molar-refractivity contribution in [3.05, 3.63) is 118 Å². The van der Waals surface area contributed by atoms with Crippen molar-refractivity contribution in [1.82, 2.24) is 0 Å². The summed E-state index contributed by atoms with van der Waals surface area (Å²) >= 11 is 0. The molecule has 0 bridgehead atoms. The van der Waals surface area contributed by atoms with Gasteiger partial charge in [0.1, 0.15) is 46.2 Å². The van der Waals surface area contributed by atoms with Crippen molar-refractivity contribution in [3.8, 4) is 28.0 Å². The average Bonchev–Trinajstić information content (AvgIpc) is 2.82. The van der Waals surface area contributed by atoms with Gasteiger partial charge in [-0.05, 0) is 54.0 Å². The topological polar surface area (TPSA) is 9.23 Å². The first-order valence-electron chi connectivity index (χ1n) is 11.4. The van der Waals surface area contributed by atoms with Crippen LogP contribution in [0.15, 0.2) is 66.7 Å². The van der Waals surface area contributed by atoms with E-state index in [1.165, 1.54) is 12.1 Å². The molecule has 0 aliphatic rings. The molecular weight excluding hydrogens is 573 g/mol. The molecule has 214 valence electrons. The van der Waals surface area contributed by atoms with Gasteiger partial charge in [0.25, 0.3) is 0 Å². The van der Waals surface area contributed by atoms with Crippen LogP contribution in [-0.2, 0) is 6.11 Å². The van der Waals surface area contributed by atoms with Gasteiger partial charge in [0.05, 0.1) is 5.56 Å². The third-order valence-corrected chi connectivity index (χ3v) is 5.79. The van der Waals surface area contributed by atoms with Crippen molar-refractivity contribution in [1.29, 1.82) is 0 Å². The molecule has 0 heterocycles. The van der Waals surface area contributed by atoms with Gasteiger partial charge in [-0.3, -0.25) is 0 Å². The lowest BCUT2D eigenvalue weighted by Gasteiger charge is -2.20. The Hall–Kier alpha value is -4.35. The molecule has 12 heteroatoms. The first kappa shape index (κ1) is 29.6.